The molecular formula is C31H20Cl3F6N4O4-. The highest BCUT2D eigenvalue weighted by molar-refractivity contribution is 6.53. The second-order valence-electron chi connectivity index (χ2n) is 10.6. The topological polar surface area (TPSA) is 121 Å². The number of alkyl halides is 5. The number of hydrogen-bond acceptors (Lipinski definition) is 5. The number of carbonyl (C=O) groups is 2. The lowest BCUT2D eigenvalue weighted by molar-refractivity contribution is -0.715. The maximum atomic E-state index is 15.3. The lowest BCUT2D eigenvalue weighted by Crippen LogP contribution is -2.96. The lowest BCUT2D eigenvalue weighted by atomic mass is 10.0. The van der Waals surface area contributed by atoms with E-state index in [1.807, 2.05) is 0 Å². The Morgan fingerprint density at radius 3 is 2.19 bits per heavy atom. The maximum absolute atomic E-state index is 15.3. The summed E-state index contributed by atoms with van der Waals surface area (Å²) in [6, 6.07) is 13.1. The molecule has 0 aromatic heterocycles. The van der Waals surface area contributed by atoms with Gasteiger partial charge >= 0.3 is 6.18 Å². The first kappa shape index (κ1) is 35.3. The van der Waals surface area contributed by atoms with Crippen molar-refractivity contribution in [2.45, 2.75) is 23.0 Å². The Hall–Kier alpha value is -4.05. The van der Waals surface area contributed by atoms with Crippen LogP contribution in [0.25, 0.3) is 0 Å². The SMILES string of the molecule is O=C(Nc1ccc(F)c(NCc2ccc([NH+]([O-])[O-])cc2)c1F)c1cc(NC(=O)[C@H]2[C@H](c3ccc(F)c(C(F)(F)F)c3)C2(Cl)Cl)ccc1Cl. The molecule has 0 spiro atoms. The predicted octanol–water partition coefficient (Wildman–Crippen LogP) is 7.68. The quantitative estimate of drug-likeness (QED) is 0.0800. The van der Waals surface area contributed by atoms with Crippen LogP contribution in [0.1, 0.15) is 33.0 Å². The largest absolute Gasteiger partial charge is 0.628 e. The molecule has 1 fully saturated rings. The molecule has 5 rings (SSSR count). The van der Waals surface area contributed by atoms with Gasteiger partial charge in [-0.15, -0.1) is 23.2 Å². The van der Waals surface area contributed by atoms with Crippen LogP contribution in [-0.2, 0) is 17.5 Å². The molecule has 17 heteroatoms. The number of anilines is 3. The number of benzene rings is 4. The molecule has 2 amide bonds. The molecule has 4 aromatic carbocycles. The van der Waals surface area contributed by atoms with Crippen molar-refractivity contribution in [3.05, 3.63) is 128 Å². The minimum Gasteiger partial charge on any atom is -0.628 e. The van der Waals surface area contributed by atoms with Crippen LogP contribution >= 0.6 is 34.8 Å². The second-order valence-corrected chi connectivity index (χ2v) is 12.5. The fraction of sp³-hybridized carbons (Fsp3) is 0.161. The van der Waals surface area contributed by atoms with E-state index in [0.29, 0.717) is 17.7 Å². The predicted molar refractivity (Wildman–Crippen MR) is 168 cm³/mol. The molecule has 252 valence electrons. The highest BCUT2D eigenvalue weighted by Gasteiger charge is 2.67. The van der Waals surface area contributed by atoms with E-state index in [4.69, 9.17) is 34.8 Å². The molecule has 8 nitrogen and oxygen atoms in total. The molecule has 0 radical (unpaired) electrons. The number of hydrogen-bond donors (Lipinski definition) is 4. The molecule has 4 N–H and O–H groups in total. The molecule has 0 saturated heterocycles. The molecule has 1 aliphatic carbocycles. The van der Waals surface area contributed by atoms with Gasteiger partial charge in [-0.25, -0.2) is 13.2 Å². The first-order chi connectivity index (χ1) is 22.5. The molecule has 1 aliphatic rings. The van der Waals surface area contributed by atoms with Crippen LogP contribution in [-0.4, -0.2) is 16.1 Å². The van der Waals surface area contributed by atoms with Crippen molar-refractivity contribution in [2.24, 2.45) is 5.92 Å². The van der Waals surface area contributed by atoms with Gasteiger partial charge in [0.1, 0.15) is 27.3 Å². The summed E-state index contributed by atoms with van der Waals surface area (Å²) in [6.45, 7) is -0.107. The Bertz CT molecular complexity index is 1890. The summed E-state index contributed by atoms with van der Waals surface area (Å²) in [5.74, 6) is -7.82. The van der Waals surface area contributed by atoms with Crippen LogP contribution in [0.5, 0.6) is 0 Å². The summed E-state index contributed by atoms with van der Waals surface area (Å²) in [6.07, 6.45) is -5.00. The zero-order valence-corrected chi connectivity index (χ0v) is 26.1. The molecule has 1 saturated carbocycles. The van der Waals surface area contributed by atoms with E-state index < -0.39 is 73.8 Å². The average molecular weight is 733 g/mol. The third-order valence-electron chi connectivity index (χ3n) is 7.47. The fourth-order valence-corrected chi connectivity index (χ4v) is 6.00. The van der Waals surface area contributed by atoms with Crippen LogP contribution in [0, 0.1) is 33.8 Å². The zero-order valence-electron chi connectivity index (χ0n) is 23.8. The third kappa shape index (κ3) is 7.33. The Kier molecular flexibility index (Phi) is 9.88. The number of rotatable bonds is 9. The van der Waals surface area contributed by atoms with E-state index in [-0.39, 0.29) is 34.1 Å². The normalized spacial score (nSPS) is 16.8. The van der Waals surface area contributed by atoms with Crippen molar-refractivity contribution in [1.82, 2.24) is 0 Å². The third-order valence-corrected chi connectivity index (χ3v) is 8.74. The van der Waals surface area contributed by atoms with Crippen LogP contribution < -0.4 is 21.2 Å². The highest BCUT2D eigenvalue weighted by Crippen LogP contribution is 2.65. The van der Waals surface area contributed by atoms with Crippen LogP contribution in [0.3, 0.4) is 0 Å². The van der Waals surface area contributed by atoms with Gasteiger partial charge < -0.3 is 31.6 Å². The van der Waals surface area contributed by atoms with E-state index in [1.54, 1.807) is 0 Å². The van der Waals surface area contributed by atoms with E-state index in [1.165, 1.54) is 36.4 Å². The minimum atomic E-state index is -5.00. The molecule has 2 atom stereocenters. The Morgan fingerprint density at radius 2 is 1.54 bits per heavy atom. The molecular weight excluding hydrogens is 713 g/mol. The lowest BCUT2D eigenvalue weighted by Gasteiger charge is -2.24. The van der Waals surface area contributed by atoms with Gasteiger partial charge in [0.2, 0.25) is 5.91 Å². The number of quaternary nitrogens is 1. The van der Waals surface area contributed by atoms with Crippen molar-refractivity contribution in [2.75, 3.05) is 16.0 Å². The van der Waals surface area contributed by atoms with Crippen molar-refractivity contribution < 1.29 is 41.2 Å². The molecule has 48 heavy (non-hydrogen) atoms. The molecule has 0 heterocycles. The van der Waals surface area contributed by atoms with E-state index in [0.717, 1.165) is 24.3 Å². The van der Waals surface area contributed by atoms with Gasteiger partial charge in [0.05, 0.1) is 27.8 Å². The summed E-state index contributed by atoms with van der Waals surface area (Å²) in [7, 11) is 0. The Morgan fingerprint density at radius 1 is 0.875 bits per heavy atom. The van der Waals surface area contributed by atoms with Gasteiger partial charge in [0.15, 0.2) is 5.82 Å². The summed E-state index contributed by atoms with van der Waals surface area (Å²) in [4.78, 5) is 26.2. The maximum Gasteiger partial charge on any atom is 0.419 e. The zero-order chi connectivity index (χ0) is 35.1. The number of nitrogens with one attached hydrogen (secondary N) is 4. The van der Waals surface area contributed by atoms with Crippen molar-refractivity contribution in [1.29, 1.82) is 0 Å². The van der Waals surface area contributed by atoms with E-state index in [9.17, 15) is 42.0 Å². The fourth-order valence-electron chi connectivity index (χ4n) is 4.97. The van der Waals surface area contributed by atoms with E-state index >= 15 is 4.39 Å². The van der Waals surface area contributed by atoms with Gasteiger partial charge in [-0.1, -0.05) is 29.8 Å². The van der Waals surface area contributed by atoms with E-state index in [2.05, 4.69) is 16.0 Å². The van der Waals surface area contributed by atoms with Crippen LogP contribution in [0.2, 0.25) is 5.02 Å². The van der Waals surface area contributed by atoms with Crippen molar-refractivity contribution in [3.8, 4) is 0 Å². The Balaban J connectivity index is 1.29. The van der Waals surface area contributed by atoms with Gasteiger partial charge in [-0.05, 0) is 65.7 Å². The van der Waals surface area contributed by atoms with Crippen molar-refractivity contribution in [3.63, 3.8) is 0 Å². The molecule has 0 unspecified atom stereocenters. The second kappa shape index (κ2) is 13.5. The van der Waals surface area contributed by atoms with Gasteiger partial charge in [-0.3, -0.25) is 9.59 Å². The first-order valence-corrected chi connectivity index (χ1v) is 14.8. The summed E-state index contributed by atoms with van der Waals surface area (Å²) in [5.41, 5.74) is -2.54. The van der Waals surface area contributed by atoms with Crippen molar-refractivity contribution >= 4 is 69.4 Å². The monoisotopic (exact) mass is 731 g/mol. The van der Waals surface area contributed by atoms with Gasteiger partial charge in [0.25, 0.3) is 5.91 Å². The average Bonchev–Trinajstić information content (AvgIpc) is 3.60. The number of amides is 2. The molecule has 4 aromatic rings. The van der Waals surface area contributed by atoms with Gasteiger partial charge in [-0.2, -0.15) is 13.2 Å². The number of halogens is 9. The standard InChI is InChI=1S/C31H20Cl3F6N4O4/c32-20-7-4-16(42-29(46)25-24(30(25,33)34)15-3-8-21(35)19(11-15)31(38,39)40)12-18(20)28(45)43-23-10-9-22(36)27(26(23)37)41-13-14-1-5-17(6-2-14)44(47)48/h1-12,24-25,41,44H,13H2,(H,42,46)(H,43,45)/q-1/t24-,25+/m0/s1. The summed E-state index contributed by atoms with van der Waals surface area (Å²) in [5, 5.41) is 27.6. The smallest absolute Gasteiger partial charge is 0.419 e. The van der Waals surface area contributed by atoms with Gasteiger partial charge in [0, 0.05) is 18.2 Å². The molecule has 0 bridgehead atoms. The summed E-state index contributed by atoms with van der Waals surface area (Å²) < 4.78 is 81.4. The first-order valence-electron chi connectivity index (χ1n) is 13.7. The minimum absolute atomic E-state index is 0.00829. The Labute approximate surface area is 282 Å². The summed E-state index contributed by atoms with van der Waals surface area (Å²) >= 11 is 18.7. The van der Waals surface area contributed by atoms with Crippen LogP contribution in [0.4, 0.5) is 49.1 Å². The molecule has 0 aliphatic heterocycles. The van der Waals surface area contributed by atoms with Crippen LogP contribution in [0.15, 0.2) is 72.8 Å². The highest BCUT2D eigenvalue weighted by atomic mass is 35.5. The number of carbonyl (C=O) groups excluding carboxylic acids is 2.